The highest BCUT2D eigenvalue weighted by atomic mass is 16.6. The number of hydrogen-bond acceptors (Lipinski definition) is 4. The van der Waals surface area contributed by atoms with Gasteiger partial charge in [-0.1, -0.05) is 54.1 Å². The molecule has 36 heavy (non-hydrogen) atoms. The summed E-state index contributed by atoms with van der Waals surface area (Å²) in [5.74, 6) is -0.714. The highest BCUT2D eigenvalue weighted by molar-refractivity contribution is 6.00. The number of carbonyl (C=O) groups excluding carboxylic acids is 3. The molecule has 2 N–H and O–H groups in total. The van der Waals surface area contributed by atoms with Crippen molar-refractivity contribution in [2.75, 3.05) is 18.4 Å². The predicted octanol–water partition coefficient (Wildman–Crippen LogP) is 5.51. The fraction of sp³-hybridized carbons (Fsp3) is 0.345. The summed E-state index contributed by atoms with van der Waals surface area (Å²) >= 11 is 0. The molecule has 0 saturated carbocycles. The van der Waals surface area contributed by atoms with Crippen molar-refractivity contribution in [2.24, 2.45) is 0 Å². The summed E-state index contributed by atoms with van der Waals surface area (Å²) in [5.41, 5.74) is 2.57. The van der Waals surface area contributed by atoms with Gasteiger partial charge in [0.05, 0.1) is 0 Å². The Morgan fingerprint density at radius 1 is 0.944 bits per heavy atom. The molecule has 7 nitrogen and oxygen atoms in total. The number of aryl methyl sites for hydroxylation is 2. The SMILES string of the molecule is CCN(C(=O)CNC(=O)OC(C)(C)C)C(C(=O)Nc1ccc2ccccc2c1)c1cc(C)ccc1C. The summed E-state index contributed by atoms with van der Waals surface area (Å²) in [5, 5.41) is 7.58. The number of nitrogens with zero attached hydrogens (tertiary/aromatic N) is 1. The number of hydrogen-bond donors (Lipinski definition) is 2. The van der Waals surface area contributed by atoms with Crippen LogP contribution >= 0.6 is 0 Å². The van der Waals surface area contributed by atoms with Crippen molar-refractivity contribution >= 4 is 34.4 Å². The lowest BCUT2D eigenvalue weighted by Crippen LogP contribution is -2.46. The Labute approximate surface area is 212 Å². The first kappa shape index (κ1) is 26.7. The Balaban J connectivity index is 1.90. The summed E-state index contributed by atoms with van der Waals surface area (Å²) in [6, 6.07) is 18.6. The average molecular weight is 490 g/mol. The largest absolute Gasteiger partial charge is 0.444 e. The van der Waals surface area contributed by atoms with Crippen LogP contribution in [0.3, 0.4) is 0 Å². The molecule has 3 aromatic carbocycles. The Hall–Kier alpha value is -3.87. The quantitative estimate of drug-likeness (QED) is 0.458. The van der Waals surface area contributed by atoms with Crippen LogP contribution in [0.4, 0.5) is 10.5 Å². The fourth-order valence-corrected chi connectivity index (χ4v) is 4.05. The standard InChI is InChI=1S/C29H35N3O4/c1-7-32(25(33)18-30-28(35)36-29(4,5)6)26(24-16-19(2)12-13-20(24)3)27(34)31-23-15-14-21-10-8-9-11-22(21)17-23/h8-17,26H,7,18H2,1-6H3,(H,30,35)(H,31,34). The number of ether oxygens (including phenoxy) is 1. The molecule has 0 aliphatic rings. The second-order valence-corrected chi connectivity index (χ2v) is 9.85. The molecular weight excluding hydrogens is 454 g/mol. The number of fused-ring (bicyclic) bond motifs is 1. The van der Waals surface area contributed by atoms with Crippen molar-refractivity contribution in [3.63, 3.8) is 0 Å². The van der Waals surface area contributed by atoms with Gasteiger partial charge in [-0.05, 0) is 75.6 Å². The van der Waals surface area contributed by atoms with E-state index in [-0.39, 0.29) is 24.9 Å². The minimum Gasteiger partial charge on any atom is -0.444 e. The molecule has 0 radical (unpaired) electrons. The van der Waals surface area contributed by atoms with Gasteiger partial charge in [-0.15, -0.1) is 0 Å². The number of nitrogens with one attached hydrogen (secondary N) is 2. The number of anilines is 1. The first-order chi connectivity index (χ1) is 17.0. The molecule has 0 aliphatic heterocycles. The van der Waals surface area contributed by atoms with Crippen molar-refractivity contribution in [3.05, 3.63) is 77.4 Å². The van der Waals surface area contributed by atoms with E-state index in [9.17, 15) is 14.4 Å². The maximum atomic E-state index is 13.7. The second-order valence-electron chi connectivity index (χ2n) is 9.85. The van der Waals surface area contributed by atoms with Gasteiger partial charge < -0.3 is 20.3 Å². The number of alkyl carbamates (subject to hydrolysis) is 1. The van der Waals surface area contributed by atoms with Crippen LogP contribution in [0.2, 0.25) is 0 Å². The Morgan fingerprint density at radius 3 is 2.31 bits per heavy atom. The van der Waals surface area contributed by atoms with Crippen LogP contribution in [-0.4, -0.2) is 41.5 Å². The third-order valence-electron chi connectivity index (χ3n) is 5.75. The van der Waals surface area contributed by atoms with E-state index >= 15 is 0 Å². The molecule has 0 fully saturated rings. The smallest absolute Gasteiger partial charge is 0.408 e. The summed E-state index contributed by atoms with van der Waals surface area (Å²) < 4.78 is 5.24. The highest BCUT2D eigenvalue weighted by Crippen LogP contribution is 2.28. The maximum absolute atomic E-state index is 13.7. The maximum Gasteiger partial charge on any atom is 0.408 e. The minimum atomic E-state index is -0.880. The van der Waals surface area contributed by atoms with Crippen LogP contribution in [0.5, 0.6) is 0 Å². The van der Waals surface area contributed by atoms with Gasteiger partial charge in [0.2, 0.25) is 5.91 Å². The molecule has 0 heterocycles. The lowest BCUT2D eigenvalue weighted by atomic mass is 9.96. The predicted molar refractivity (Wildman–Crippen MR) is 143 cm³/mol. The molecule has 0 aromatic heterocycles. The lowest BCUT2D eigenvalue weighted by molar-refractivity contribution is -0.138. The molecule has 1 unspecified atom stereocenters. The van der Waals surface area contributed by atoms with Crippen LogP contribution in [0.25, 0.3) is 10.8 Å². The third kappa shape index (κ3) is 6.84. The van der Waals surface area contributed by atoms with E-state index in [1.165, 1.54) is 4.90 Å². The monoisotopic (exact) mass is 489 g/mol. The number of carbonyl (C=O) groups is 3. The third-order valence-corrected chi connectivity index (χ3v) is 5.75. The minimum absolute atomic E-state index is 0.276. The summed E-state index contributed by atoms with van der Waals surface area (Å²) in [7, 11) is 0. The van der Waals surface area contributed by atoms with Crippen LogP contribution < -0.4 is 10.6 Å². The zero-order chi connectivity index (χ0) is 26.5. The molecule has 3 amide bonds. The summed E-state index contributed by atoms with van der Waals surface area (Å²) in [6.07, 6.45) is -0.684. The van der Waals surface area contributed by atoms with Crippen LogP contribution in [-0.2, 0) is 14.3 Å². The van der Waals surface area contributed by atoms with E-state index in [0.717, 1.165) is 27.5 Å². The number of rotatable bonds is 7. The van der Waals surface area contributed by atoms with Crippen molar-refractivity contribution < 1.29 is 19.1 Å². The molecule has 1 atom stereocenters. The lowest BCUT2D eigenvalue weighted by Gasteiger charge is -2.32. The summed E-state index contributed by atoms with van der Waals surface area (Å²) in [6.45, 7) is 10.9. The molecule has 0 saturated heterocycles. The van der Waals surface area contributed by atoms with Crippen molar-refractivity contribution in [1.82, 2.24) is 10.2 Å². The first-order valence-electron chi connectivity index (χ1n) is 12.1. The zero-order valence-electron chi connectivity index (χ0n) is 21.8. The Morgan fingerprint density at radius 2 is 1.64 bits per heavy atom. The van der Waals surface area contributed by atoms with Crippen LogP contribution in [0.15, 0.2) is 60.7 Å². The van der Waals surface area contributed by atoms with Gasteiger partial charge in [0.1, 0.15) is 18.2 Å². The average Bonchev–Trinajstić information content (AvgIpc) is 2.81. The van der Waals surface area contributed by atoms with Gasteiger partial charge in [0.25, 0.3) is 5.91 Å². The summed E-state index contributed by atoms with van der Waals surface area (Å²) in [4.78, 5) is 40.6. The fourth-order valence-electron chi connectivity index (χ4n) is 4.05. The van der Waals surface area contributed by atoms with Gasteiger partial charge in [-0.2, -0.15) is 0 Å². The number of benzene rings is 3. The van der Waals surface area contributed by atoms with Crippen LogP contribution in [0, 0.1) is 13.8 Å². The van der Waals surface area contributed by atoms with E-state index in [2.05, 4.69) is 10.6 Å². The van der Waals surface area contributed by atoms with E-state index in [1.54, 1.807) is 20.8 Å². The molecule has 0 aliphatic carbocycles. The normalized spacial score (nSPS) is 12.1. The first-order valence-corrected chi connectivity index (χ1v) is 12.1. The van der Waals surface area contributed by atoms with Gasteiger partial charge in [-0.3, -0.25) is 9.59 Å². The molecule has 3 aromatic rings. The van der Waals surface area contributed by atoms with Gasteiger partial charge in [-0.25, -0.2) is 4.79 Å². The van der Waals surface area contributed by atoms with Crippen molar-refractivity contribution in [3.8, 4) is 0 Å². The Kier molecular flexibility index (Phi) is 8.35. The second kappa shape index (κ2) is 11.2. The van der Waals surface area contributed by atoms with Crippen molar-refractivity contribution in [1.29, 1.82) is 0 Å². The highest BCUT2D eigenvalue weighted by Gasteiger charge is 2.32. The molecule has 190 valence electrons. The van der Waals surface area contributed by atoms with E-state index in [0.29, 0.717) is 5.69 Å². The number of likely N-dealkylation sites (N-methyl/N-ethyl adjacent to an activating group) is 1. The molecule has 0 spiro atoms. The van der Waals surface area contributed by atoms with Crippen LogP contribution in [0.1, 0.15) is 50.4 Å². The van der Waals surface area contributed by atoms with E-state index < -0.39 is 17.7 Å². The van der Waals surface area contributed by atoms with E-state index in [4.69, 9.17) is 4.74 Å². The van der Waals surface area contributed by atoms with Gasteiger partial charge in [0, 0.05) is 12.2 Å². The molecule has 7 heteroatoms. The van der Waals surface area contributed by atoms with Gasteiger partial charge >= 0.3 is 6.09 Å². The Bertz CT molecular complexity index is 1260. The molecule has 3 rings (SSSR count). The molecular formula is C29H35N3O4. The van der Waals surface area contributed by atoms with E-state index in [1.807, 2.05) is 81.4 Å². The zero-order valence-corrected chi connectivity index (χ0v) is 21.8. The number of amides is 3. The van der Waals surface area contributed by atoms with Gasteiger partial charge in [0.15, 0.2) is 0 Å². The topological polar surface area (TPSA) is 87.7 Å². The molecule has 0 bridgehead atoms. The van der Waals surface area contributed by atoms with Crippen molar-refractivity contribution in [2.45, 2.75) is 53.2 Å².